The highest BCUT2D eigenvalue weighted by atomic mass is 79.9. The van der Waals surface area contributed by atoms with E-state index in [0.717, 1.165) is 11.1 Å². The molecule has 0 aliphatic carbocycles. The van der Waals surface area contributed by atoms with Crippen molar-refractivity contribution in [2.45, 2.75) is 32.4 Å². The molecule has 0 spiro atoms. The standard InChI is InChI=1S/C14H16BrFN2O/c1-9(2)18-8-11(7-17-18)14(19)5-10-3-4-12(16)6-13(10)15/h3-4,6-9,14,19H,5H2,1-2H3. The Hall–Kier alpha value is -1.20. The lowest BCUT2D eigenvalue weighted by atomic mass is 10.0. The molecule has 0 aliphatic rings. The SMILES string of the molecule is CC(C)n1cc(C(O)Cc2ccc(F)cc2Br)cn1. The molecule has 1 aromatic heterocycles. The summed E-state index contributed by atoms with van der Waals surface area (Å²) in [6.07, 6.45) is 3.29. The molecular weight excluding hydrogens is 311 g/mol. The molecule has 1 unspecified atom stereocenters. The van der Waals surface area contributed by atoms with Gasteiger partial charge in [0.15, 0.2) is 0 Å². The fourth-order valence-electron chi connectivity index (χ4n) is 1.82. The van der Waals surface area contributed by atoms with E-state index in [1.807, 2.05) is 20.0 Å². The highest BCUT2D eigenvalue weighted by Crippen LogP contribution is 2.24. The fourth-order valence-corrected chi connectivity index (χ4v) is 2.33. The lowest BCUT2D eigenvalue weighted by Gasteiger charge is -2.10. The molecule has 0 saturated carbocycles. The van der Waals surface area contributed by atoms with Crippen molar-refractivity contribution in [2.24, 2.45) is 0 Å². The summed E-state index contributed by atoms with van der Waals surface area (Å²) in [5.41, 5.74) is 1.64. The van der Waals surface area contributed by atoms with Gasteiger partial charge in [-0.15, -0.1) is 0 Å². The topological polar surface area (TPSA) is 38.0 Å². The van der Waals surface area contributed by atoms with Crippen LogP contribution in [0, 0.1) is 5.82 Å². The Morgan fingerprint density at radius 2 is 2.16 bits per heavy atom. The third-order valence-corrected chi connectivity index (χ3v) is 3.70. The number of aromatic nitrogens is 2. The minimum atomic E-state index is -0.644. The van der Waals surface area contributed by atoms with Gasteiger partial charge in [-0.3, -0.25) is 4.68 Å². The molecule has 0 radical (unpaired) electrons. The molecule has 5 heteroatoms. The van der Waals surface area contributed by atoms with Crippen molar-refractivity contribution in [3.05, 3.63) is 52.0 Å². The van der Waals surface area contributed by atoms with Gasteiger partial charge in [0, 0.05) is 28.7 Å². The Bertz CT molecular complexity index is 568. The summed E-state index contributed by atoms with van der Waals surface area (Å²) >= 11 is 3.30. The molecule has 3 nitrogen and oxygen atoms in total. The van der Waals surface area contributed by atoms with E-state index in [2.05, 4.69) is 21.0 Å². The van der Waals surface area contributed by atoms with Gasteiger partial charge in [0.25, 0.3) is 0 Å². The third kappa shape index (κ3) is 3.42. The largest absolute Gasteiger partial charge is 0.388 e. The van der Waals surface area contributed by atoms with E-state index in [4.69, 9.17) is 0 Å². The van der Waals surface area contributed by atoms with Crippen LogP contribution in [0.5, 0.6) is 0 Å². The first-order valence-electron chi connectivity index (χ1n) is 6.13. The van der Waals surface area contributed by atoms with Gasteiger partial charge in [0.1, 0.15) is 5.82 Å². The molecule has 1 atom stereocenters. The van der Waals surface area contributed by atoms with Gasteiger partial charge in [-0.05, 0) is 31.5 Å². The van der Waals surface area contributed by atoms with Gasteiger partial charge in [-0.2, -0.15) is 5.10 Å². The van der Waals surface area contributed by atoms with E-state index in [1.165, 1.54) is 12.1 Å². The third-order valence-electron chi connectivity index (χ3n) is 2.96. The van der Waals surface area contributed by atoms with Crippen LogP contribution in [0.2, 0.25) is 0 Å². The molecule has 0 saturated heterocycles. The van der Waals surface area contributed by atoms with Gasteiger partial charge in [-0.25, -0.2) is 4.39 Å². The summed E-state index contributed by atoms with van der Waals surface area (Å²) in [5, 5.41) is 14.4. The normalized spacial score (nSPS) is 12.9. The average molecular weight is 327 g/mol. The minimum absolute atomic E-state index is 0.263. The van der Waals surface area contributed by atoms with Crippen molar-refractivity contribution in [1.82, 2.24) is 9.78 Å². The monoisotopic (exact) mass is 326 g/mol. The van der Waals surface area contributed by atoms with Crippen LogP contribution in [-0.4, -0.2) is 14.9 Å². The number of hydrogen-bond donors (Lipinski definition) is 1. The number of benzene rings is 1. The molecule has 1 aromatic carbocycles. The molecule has 2 aromatic rings. The molecule has 1 heterocycles. The summed E-state index contributed by atoms with van der Waals surface area (Å²) in [6, 6.07) is 4.73. The Morgan fingerprint density at radius 1 is 1.42 bits per heavy atom. The first-order valence-corrected chi connectivity index (χ1v) is 6.92. The van der Waals surface area contributed by atoms with E-state index in [9.17, 15) is 9.50 Å². The van der Waals surface area contributed by atoms with E-state index >= 15 is 0 Å². The zero-order valence-electron chi connectivity index (χ0n) is 10.8. The van der Waals surface area contributed by atoms with Crippen molar-refractivity contribution >= 4 is 15.9 Å². The lowest BCUT2D eigenvalue weighted by Crippen LogP contribution is -2.03. The first-order chi connectivity index (χ1) is 8.97. The van der Waals surface area contributed by atoms with Crippen LogP contribution in [0.15, 0.2) is 35.1 Å². The first kappa shape index (κ1) is 14.2. The maximum Gasteiger partial charge on any atom is 0.124 e. The van der Waals surface area contributed by atoms with Gasteiger partial charge in [0.2, 0.25) is 0 Å². The maximum atomic E-state index is 13.0. The smallest absolute Gasteiger partial charge is 0.124 e. The van der Waals surface area contributed by atoms with Crippen molar-refractivity contribution in [3.63, 3.8) is 0 Å². The Labute approximate surface area is 120 Å². The van der Waals surface area contributed by atoms with E-state index in [1.54, 1.807) is 16.9 Å². The summed E-state index contributed by atoms with van der Waals surface area (Å²) in [6.45, 7) is 4.06. The second-order valence-electron chi connectivity index (χ2n) is 4.80. The molecule has 0 amide bonds. The van der Waals surface area contributed by atoms with Crippen LogP contribution in [0.3, 0.4) is 0 Å². The van der Waals surface area contributed by atoms with Gasteiger partial charge in [-0.1, -0.05) is 22.0 Å². The number of aliphatic hydroxyl groups is 1. The molecular formula is C14H16BrFN2O. The Morgan fingerprint density at radius 3 is 2.74 bits per heavy atom. The van der Waals surface area contributed by atoms with Crippen LogP contribution in [0.25, 0.3) is 0 Å². The maximum absolute atomic E-state index is 13.0. The molecule has 0 fully saturated rings. The number of aliphatic hydroxyl groups excluding tert-OH is 1. The number of nitrogens with zero attached hydrogens (tertiary/aromatic N) is 2. The van der Waals surface area contributed by atoms with Crippen molar-refractivity contribution < 1.29 is 9.50 Å². The molecule has 19 heavy (non-hydrogen) atoms. The second-order valence-corrected chi connectivity index (χ2v) is 5.66. The fraction of sp³-hybridized carbons (Fsp3) is 0.357. The van der Waals surface area contributed by atoms with Crippen molar-refractivity contribution in [1.29, 1.82) is 0 Å². The average Bonchev–Trinajstić information content (AvgIpc) is 2.82. The second kappa shape index (κ2) is 5.84. The predicted octanol–water partition coefficient (Wildman–Crippen LogP) is 3.64. The lowest BCUT2D eigenvalue weighted by molar-refractivity contribution is 0.178. The molecule has 2 rings (SSSR count). The number of rotatable bonds is 4. The van der Waals surface area contributed by atoms with Crippen LogP contribution in [0.4, 0.5) is 4.39 Å². The summed E-state index contributed by atoms with van der Waals surface area (Å²) in [5.74, 6) is -0.294. The Kier molecular flexibility index (Phi) is 4.37. The zero-order chi connectivity index (χ0) is 14.0. The summed E-state index contributed by atoms with van der Waals surface area (Å²) < 4.78 is 15.5. The minimum Gasteiger partial charge on any atom is -0.388 e. The van der Waals surface area contributed by atoms with E-state index in [0.29, 0.717) is 10.9 Å². The zero-order valence-corrected chi connectivity index (χ0v) is 12.4. The van der Waals surface area contributed by atoms with Crippen molar-refractivity contribution in [3.8, 4) is 0 Å². The van der Waals surface area contributed by atoms with Gasteiger partial charge in [0.05, 0.1) is 12.3 Å². The molecule has 102 valence electrons. The van der Waals surface area contributed by atoms with Crippen LogP contribution >= 0.6 is 15.9 Å². The number of hydrogen-bond acceptors (Lipinski definition) is 2. The van der Waals surface area contributed by atoms with Crippen molar-refractivity contribution in [2.75, 3.05) is 0 Å². The van der Waals surface area contributed by atoms with Crippen LogP contribution in [0.1, 0.15) is 37.1 Å². The van der Waals surface area contributed by atoms with E-state index < -0.39 is 6.10 Å². The quantitative estimate of drug-likeness (QED) is 0.931. The van der Waals surface area contributed by atoms with E-state index in [-0.39, 0.29) is 11.9 Å². The molecule has 0 bridgehead atoms. The van der Waals surface area contributed by atoms with Gasteiger partial charge < -0.3 is 5.11 Å². The highest BCUT2D eigenvalue weighted by Gasteiger charge is 2.14. The molecule has 0 aliphatic heterocycles. The van der Waals surface area contributed by atoms with Gasteiger partial charge >= 0.3 is 0 Å². The summed E-state index contributed by atoms with van der Waals surface area (Å²) in [7, 11) is 0. The summed E-state index contributed by atoms with van der Waals surface area (Å²) in [4.78, 5) is 0. The van der Waals surface area contributed by atoms with Crippen LogP contribution < -0.4 is 0 Å². The number of halogens is 2. The molecule has 1 N–H and O–H groups in total. The predicted molar refractivity (Wildman–Crippen MR) is 75.4 cm³/mol. The Balaban J connectivity index is 2.13. The van der Waals surface area contributed by atoms with Crippen LogP contribution in [-0.2, 0) is 6.42 Å². The highest BCUT2D eigenvalue weighted by molar-refractivity contribution is 9.10.